The number of aromatic nitrogens is 2. The molecule has 0 radical (unpaired) electrons. The average molecular weight is 786 g/mol. The molecule has 57 heavy (non-hydrogen) atoms. The summed E-state index contributed by atoms with van der Waals surface area (Å²) in [5.74, 6) is 0.979. The van der Waals surface area contributed by atoms with Gasteiger partial charge in [-0.1, -0.05) is 24.3 Å². The number of nitrogens with zero attached hydrogens (tertiary/aromatic N) is 5. The number of aromatic hydroxyl groups is 1. The van der Waals surface area contributed by atoms with E-state index in [4.69, 9.17) is 14.2 Å². The first-order valence-corrected chi connectivity index (χ1v) is 19.4. The van der Waals surface area contributed by atoms with Crippen LogP contribution >= 0.6 is 12.4 Å². The molecule has 2 amide bonds. The molecular formula is C45H44ClN5O6. The first-order valence-electron chi connectivity index (χ1n) is 19.4. The van der Waals surface area contributed by atoms with E-state index in [1.807, 2.05) is 66.7 Å². The van der Waals surface area contributed by atoms with Crippen molar-refractivity contribution in [3.63, 3.8) is 0 Å². The van der Waals surface area contributed by atoms with Gasteiger partial charge in [0.2, 0.25) is 6.79 Å². The summed E-state index contributed by atoms with van der Waals surface area (Å²) in [6.07, 6.45) is 4.36. The first kappa shape index (κ1) is 36.9. The summed E-state index contributed by atoms with van der Waals surface area (Å²) in [5, 5.41) is 11.2. The maximum atomic E-state index is 15.2. The van der Waals surface area contributed by atoms with Gasteiger partial charge in [-0.05, 0) is 97.1 Å². The zero-order valence-corrected chi connectivity index (χ0v) is 32.5. The van der Waals surface area contributed by atoms with Gasteiger partial charge in [0.25, 0.3) is 11.8 Å². The van der Waals surface area contributed by atoms with E-state index in [9.17, 15) is 5.11 Å². The van der Waals surface area contributed by atoms with Crippen LogP contribution < -0.4 is 14.4 Å². The summed E-state index contributed by atoms with van der Waals surface area (Å²) in [5.41, 5.74) is 8.39. The van der Waals surface area contributed by atoms with E-state index < -0.39 is 0 Å². The molecule has 0 unspecified atom stereocenters. The smallest absolute Gasteiger partial charge is 0.264 e. The van der Waals surface area contributed by atoms with E-state index in [2.05, 4.69) is 32.2 Å². The molecule has 2 aromatic heterocycles. The minimum Gasteiger partial charge on any atom is -0.508 e. The predicted molar refractivity (Wildman–Crippen MR) is 220 cm³/mol. The maximum absolute atomic E-state index is 15.2. The van der Waals surface area contributed by atoms with Crippen molar-refractivity contribution in [3.8, 4) is 28.5 Å². The Kier molecular flexibility index (Phi) is 9.68. The Morgan fingerprint density at radius 2 is 1.60 bits per heavy atom. The lowest BCUT2D eigenvalue weighted by molar-refractivity contribution is 0.0193. The Morgan fingerprint density at radius 1 is 0.842 bits per heavy atom. The Morgan fingerprint density at radius 3 is 2.40 bits per heavy atom. The number of carbonyl (C=O) groups is 2. The lowest BCUT2D eigenvalue weighted by Gasteiger charge is -2.40. The third kappa shape index (κ3) is 6.59. The van der Waals surface area contributed by atoms with E-state index in [1.54, 1.807) is 29.2 Å². The molecule has 4 aliphatic rings. The number of benzene rings is 4. The van der Waals surface area contributed by atoms with E-state index in [0.717, 1.165) is 72.4 Å². The lowest BCUT2D eigenvalue weighted by Crippen LogP contribution is -2.52. The highest BCUT2D eigenvalue weighted by Crippen LogP contribution is 2.43. The van der Waals surface area contributed by atoms with E-state index >= 15 is 9.59 Å². The first-order chi connectivity index (χ1) is 27.4. The van der Waals surface area contributed by atoms with Crippen molar-refractivity contribution in [2.75, 3.05) is 44.5 Å². The topological polar surface area (TPSA) is 102 Å². The normalized spacial score (nSPS) is 17.3. The molecule has 1 fully saturated rings. The fraction of sp³-hybridized carbons (Fsp3) is 0.289. The lowest BCUT2D eigenvalue weighted by atomic mass is 9.92. The fourth-order valence-electron chi connectivity index (χ4n) is 9.00. The summed E-state index contributed by atoms with van der Waals surface area (Å²) < 4.78 is 21.7. The van der Waals surface area contributed by atoms with Gasteiger partial charge in [0.1, 0.15) is 5.75 Å². The van der Waals surface area contributed by atoms with Gasteiger partial charge in [-0.3, -0.25) is 19.4 Å². The highest BCUT2D eigenvalue weighted by atomic mass is 35.5. The van der Waals surface area contributed by atoms with Crippen LogP contribution in [0.3, 0.4) is 0 Å². The molecule has 1 N–H and O–H groups in total. The molecule has 1 atom stereocenters. The average Bonchev–Trinajstić information content (AvgIpc) is 4.03. The second kappa shape index (κ2) is 15.0. The van der Waals surface area contributed by atoms with Crippen molar-refractivity contribution >= 4 is 46.5 Å². The summed E-state index contributed by atoms with van der Waals surface area (Å²) in [4.78, 5) is 36.4. The molecule has 4 aromatic carbocycles. The second-order valence-corrected chi connectivity index (χ2v) is 15.2. The number of hydrogen-bond acceptors (Lipinski definition) is 7. The van der Waals surface area contributed by atoms with Crippen molar-refractivity contribution in [2.24, 2.45) is 7.05 Å². The highest BCUT2D eigenvalue weighted by Gasteiger charge is 2.36. The van der Waals surface area contributed by atoms with Gasteiger partial charge < -0.3 is 33.4 Å². The Balaban J connectivity index is 0.00000422. The molecule has 11 nitrogen and oxygen atoms in total. The van der Waals surface area contributed by atoms with E-state index in [1.165, 1.54) is 5.56 Å². The van der Waals surface area contributed by atoms with Crippen LogP contribution in [0.5, 0.6) is 17.2 Å². The maximum Gasteiger partial charge on any atom is 0.264 e. The van der Waals surface area contributed by atoms with Crippen LogP contribution in [0.1, 0.15) is 44.0 Å². The molecule has 6 aromatic rings. The van der Waals surface area contributed by atoms with Crippen LogP contribution in [0.4, 0.5) is 11.4 Å². The van der Waals surface area contributed by atoms with Crippen LogP contribution in [0.25, 0.3) is 22.2 Å². The predicted octanol–water partition coefficient (Wildman–Crippen LogP) is 7.33. The standard InChI is InChI=1S/C45H43N5O6.ClH/c1-46-16-14-30-22-33(10-13-39(30)46)50(32-8-11-35(51)12-9-32)45(53)38-23-41(48-15-4-7-40(38)48)36-24-42-43(56-28-55-42)25-37(36)44(52)49-26-31-6-3-2-5-29(31)21-34(49)27-47-17-19-54-20-18-47;/h2-3,5-6,8-14,16,22-25,34,51H,4,7,15,17-21,26-28H2,1H3;1H/t34-;/m0./s1. The number of aryl methyl sites for hydroxylation is 1. The number of halogens is 1. The summed E-state index contributed by atoms with van der Waals surface area (Å²) in [6.45, 7) is 5.10. The molecule has 10 rings (SSSR count). The number of hydrogen-bond donors (Lipinski definition) is 1. The number of morpholine rings is 1. The number of phenolic OH excluding ortho intramolecular Hbond substituents is 1. The Labute approximate surface area is 337 Å². The molecular weight excluding hydrogens is 742 g/mol. The van der Waals surface area contributed by atoms with Crippen molar-refractivity contribution in [2.45, 2.75) is 38.4 Å². The molecule has 0 bridgehead atoms. The van der Waals surface area contributed by atoms with Crippen molar-refractivity contribution < 1.29 is 28.9 Å². The minimum absolute atomic E-state index is 0. The van der Waals surface area contributed by atoms with Crippen LogP contribution in [0.2, 0.25) is 0 Å². The second-order valence-electron chi connectivity index (χ2n) is 15.2. The van der Waals surface area contributed by atoms with Gasteiger partial charge in [0, 0.05) is 91.2 Å². The third-order valence-electron chi connectivity index (χ3n) is 11.9. The minimum atomic E-state index is -0.185. The monoisotopic (exact) mass is 785 g/mol. The van der Waals surface area contributed by atoms with Crippen molar-refractivity contribution in [1.82, 2.24) is 18.9 Å². The number of anilines is 2. The SMILES string of the molecule is Cl.Cn1ccc2cc(N(C(=O)c3cc(-c4cc5c(cc4C(=O)N4Cc6ccccc6C[C@H]4CN4CCOCC4)OCO5)n4c3CCC4)c3ccc(O)cc3)ccc21. The van der Waals surface area contributed by atoms with Gasteiger partial charge in [-0.2, -0.15) is 0 Å². The Bertz CT molecular complexity index is 2500. The summed E-state index contributed by atoms with van der Waals surface area (Å²) in [7, 11) is 2.00. The number of amides is 2. The molecule has 6 heterocycles. The van der Waals surface area contributed by atoms with Crippen LogP contribution in [0.15, 0.2) is 97.2 Å². The molecule has 1 saturated heterocycles. The summed E-state index contributed by atoms with van der Waals surface area (Å²) in [6, 6.07) is 28.9. The molecule has 4 aliphatic heterocycles. The molecule has 0 aliphatic carbocycles. The quantitative estimate of drug-likeness (QED) is 0.181. The van der Waals surface area contributed by atoms with Crippen molar-refractivity contribution in [3.05, 3.63) is 125 Å². The number of phenols is 1. The van der Waals surface area contributed by atoms with E-state index in [-0.39, 0.29) is 42.8 Å². The fourth-order valence-corrected chi connectivity index (χ4v) is 9.00. The van der Waals surface area contributed by atoms with Crippen molar-refractivity contribution in [1.29, 1.82) is 0 Å². The van der Waals surface area contributed by atoms with Gasteiger partial charge in [-0.15, -0.1) is 12.4 Å². The summed E-state index contributed by atoms with van der Waals surface area (Å²) >= 11 is 0. The third-order valence-corrected chi connectivity index (χ3v) is 11.9. The van der Waals surface area contributed by atoms with Gasteiger partial charge in [-0.25, -0.2) is 0 Å². The number of carbonyl (C=O) groups excluding carboxylic acids is 2. The van der Waals surface area contributed by atoms with Crippen LogP contribution in [0, 0.1) is 0 Å². The molecule has 292 valence electrons. The molecule has 12 heteroatoms. The highest BCUT2D eigenvalue weighted by molar-refractivity contribution is 6.13. The number of rotatable bonds is 7. The zero-order chi connectivity index (χ0) is 37.9. The van der Waals surface area contributed by atoms with Gasteiger partial charge >= 0.3 is 0 Å². The Hall–Kier alpha value is -5.75. The molecule has 0 spiro atoms. The van der Waals surface area contributed by atoms with Crippen LogP contribution in [-0.4, -0.2) is 81.5 Å². The zero-order valence-electron chi connectivity index (χ0n) is 31.7. The van der Waals surface area contributed by atoms with Gasteiger partial charge in [0.05, 0.1) is 24.3 Å². The van der Waals surface area contributed by atoms with Crippen LogP contribution in [-0.2, 0) is 37.7 Å². The molecule has 0 saturated carbocycles. The number of ether oxygens (including phenoxy) is 3. The largest absolute Gasteiger partial charge is 0.508 e. The number of fused-ring (bicyclic) bond motifs is 4. The van der Waals surface area contributed by atoms with Gasteiger partial charge in [0.15, 0.2) is 11.5 Å². The van der Waals surface area contributed by atoms with E-state index in [0.29, 0.717) is 60.2 Å².